The molecular formula is C17H20FNO3. The molecule has 0 fully saturated rings. The highest BCUT2D eigenvalue weighted by molar-refractivity contribution is 5.41. The van der Waals surface area contributed by atoms with Gasteiger partial charge < -0.3 is 19.9 Å². The minimum Gasteiger partial charge on any atom is -0.497 e. The standard InChI is InChI=1S/C17H20FNO3/c1-21-13-7-8-17(22-2)14(9-13)16(20)11-19-10-12-5-3-4-6-15(12)18/h3-9,16,19-20H,10-11H2,1-2H3. The molecule has 4 nitrogen and oxygen atoms in total. The van der Waals surface area contributed by atoms with Gasteiger partial charge in [0.15, 0.2) is 0 Å². The molecule has 0 aliphatic heterocycles. The van der Waals surface area contributed by atoms with E-state index in [0.29, 0.717) is 29.2 Å². The van der Waals surface area contributed by atoms with Gasteiger partial charge in [-0.1, -0.05) is 18.2 Å². The van der Waals surface area contributed by atoms with E-state index in [9.17, 15) is 9.50 Å². The van der Waals surface area contributed by atoms with Gasteiger partial charge in [0, 0.05) is 24.2 Å². The van der Waals surface area contributed by atoms with Gasteiger partial charge in [-0.2, -0.15) is 0 Å². The summed E-state index contributed by atoms with van der Waals surface area (Å²) in [6, 6.07) is 11.8. The minimum absolute atomic E-state index is 0.261. The van der Waals surface area contributed by atoms with Crippen LogP contribution in [-0.2, 0) is 6.54 Å². The normalized spacial score (nSPS) is 12.0. The Balaban J connectivity index is 2.00. The summed E-state index contributed by atoms with van der Waals surface area (Å²) in [5.41, 5.74) is 1.19. The van der Waals surface area contributed by atoms with Gasteiger partial charge in [0.25, 0.3) is 0 Å². The van der Waals surface area contributed by atoms with Crippen LogP contribution < -0.4 is 14.8 Å². The van der Waals surface area contributed by atoms with Gasteiger partial charge in [0.05, 0.1) is 20.3 Å². The highest BCUT2D eigenvalue weighted by Gasteiger charge is 2.14. The summed E-state index contributed by atoms with van der Waals surface area (Å²) >= 11 is 0. The zero-order valence-electron chi connectivity index (χ0n) is 12.7. The van der Waals surface area contributed by atoms with Crippen LogP contribution in [0, 0.1) is 5.82 Å². The maximum atomic E-state index is 13.5. The van der Waals surface area contributed by atoms with Crippen molar-refractivity contribution >= 4 is 0 Å². The van der Waals surface area contributed by atoms with Crippen molar-refractivity contribution in [2.45, 2.75) is 12.6 Å². The van der Waals surface area contributed by atoms with Crippen LogP contribution in [0.25, 0.3) is 0 Å². The Bertz CT molecular complexity index is 619. The van der Waals surface area contributed by atoms with Crippen molar-refractivity contribution in [3.63, 3.8) is 0 Å². The fraction of sp³-hybridized carbons (Fsp3) is 0.294. The number of benzene rings is 2. The molecule has 5 heteroatoms. The molecule has 0 saturated heterocycles. The summed E-state index contributed by atoms with van der Waals surface area (Å²) in [5, 5.41) is 13.4. The van der Waals surface area contributed by atoms with E-state index >= 15 is 0 Å². The van der Waals surface area contributed by atoms with Crippen LogP contribution >= 0.6 is 0 Å². The molecule has 0 spiro atoms. The van der Waals surface area contributed by atoms with E-state index < -0.39 is 6.10 Å². The van der Waals surface area contributed by atoms with E-state index in [1.54, 1.807) is 50.6 Å². The number of nitrogens with one attached hydrogen (secondary N) is 1. The summed E-state index contributed by atoms with van der Waals surface area (Å²) in [6.07, 6.45) is -0.781. The summed E-state index contributed by atoms with van der Waals surface area (Å²) in [6.45, 7) is 0.619. The molecule has 22 heavy (non-hydrogen) atoms. The first-order valence-electron chi connectivity index (χ1n) is 6.99. The molecule has 1 unspecified atom stereocenters. The van der Waals surface area contributed by atoms with Gasteiger partial charge >= 0.3 is 0 Å². The second-order valence-electron chi connectivity index (χ2n) is 4.85. The average molecular weight is 305 g/mol. The number of halogens is 1. The predicted molar refractivity (Wildman–Crippen MR) is 82.6 cm³/mol. The molecule has 0 amide bonds. The molecule has 0 aliphatic rings. The number of rotatable bonds is 7. The highest BCUT2D eigenvalue weighted by Crippen LogP contribution is 2.29. The van der Waals surface area contributed by atoms with Crippen molar-refractivity contribution in [1.29, 1.82) is 0 Å². The van der Waals surface area contributed by atoms with Crippen LogP contribution in [0.4, 0.5) is 4.39 Å². The molecule has 2 aromatic carbocycles. The number of aliphatic hydroxyl groups excluding tert-OH is 1. The third-order valence-electron chi connectivity index (χ3n) is 3.41. The van der Waals surface area contributed by atoms with Crippen LogP contribution in [-0.4, -0.2) is 25.9 Å². The Kier molecular flexibility index (Phi) is 5.75. The Morgan fingerprint density at radius 3 is 2.59 bits per heavy atom. The molecule has 118 valence electrons. The first-order valence-corrected chi connectivity index (χ1v) is 6.99. The van der Waals surface area contributed by atoms with E-state index in [2.05, 4.69) is 5.32 Å². The van der Waals surface area contributed by atoms with Crippen molar-refractivity contribution < 1.29 is 19.0 Å². The first kappa shape index (κ1) is 16.3. The molecule has 0 heterocycles. The Morgan fingerprint density at radius 2 is 1.91 bits per heavy atom. The number of methoxy groups -OCH3 is 2. The van der Waals surface area contributed by atoms with Crippen LogP contribution in [0.5, 0.6) is 11.5 Å². The number of aliphatic hydroxyl groups is 1. The predicted octanol–water partition coefficient (Wildman–Crippen LogP) is 2.67. The lowest BCUT2D eigenvalue weighted by atomic mass is 10.1. The smallest absolute Gasteiger partial charge is 0.127 e. The lowest BCUT2D eigenvalue weighted by Gasteiger charge is -2.16. The van der Waals surface area contributed by atoms with Crippen LogP contribution in [0.3, 0.4) is 0 Å². The van der Waals surface area contributed by atoms with Crippen molar-refractivity contribution in [2.24, 2.45) is 0 Å². The maximum absolute atomic E-state index is 13.5. The molecule has 0 radical (unpaired) electrons. The van der Waals surface area contributed by atoms with Gasteiger partial charge in [0.1, 0.15) is 17.3 Å². The number of ether oxygens (including phenoxy) is 2. The van der Waals surface area contributed by atoms with Gasteiger partial charge in [-0.15, -0.1) is 0 Å². The molecule has 0 aromatic heterocycles. The molecule has 2 N–H and O–H groups in total. The summed E-state index contributed by atoms with van der Waals surface area (Å²) in [4.78, 5) is 0. The van der Waals surface area contributed by atoms with E-state index in [1.807, 2.05) is 0 Å². The van der Waals surface area contributed by atoms with Crippen LogP contribution in [0.15, 0.2) is 42.5 Å². The third-order valence-corrected chi connectivity index (χ3v) is 3.41. The maximum Gasteiger partial charge on any atom is 0.127 e. The third kappa shape index (κ3) is 3.96. The van der Waals surface area contributed by atoms with E-state index in [1.165, 1.54) is 6.07 Å². The molecular weight excluding hydrogens is 285 g/mol. The van der Waals surface area contributed by atoms with Gasteiger partial charge in [-0.25, -0.2) is 4.39 Å². The Morgan fingerprint density at radius 1 is 1.14 bits per heavy atom. The molecule has 0 saturated carbocycles. The zero-order chi connectivity index (χ0) is 15.9. The molecule has 0 bridgehead atoms. The lowest BCUT2D eigenvalue weighted by molar-refractivity contribution is 0.169. The number of hydrogen-bond donors (Lipinski definition) is 2. The Hall–Kier alpha value is -2.11. The van der Waals surface area contributed by atoms with Crippen LogP contribution in [0.2, 0.25) is 0 Å². The SMILES string of the molecule is COc1ccc(OC)c(C(O)CNCc2ccccc2F)c1. The fourth-order valence-corrected chi connectivity index (χ4v) is 2.20. The second kappa shape index (κ2) is 7.77. The van der Waals surface area contributed by atoms with Gasteiger partial charge in [-0.3, -0.25) is 0 Å². The van der Waals surface area contributed by atoms with E-state index in [4.69, 9.17) is 9.47 Å². The quantitative estimate of drug-likeness (QED) is 0.826. The minimum atomic E-state index is -0.781. The van der Waals surface area contributed by atoms with Gasteiger partial charge in [-0.05, 0) is 24.3 Å². The van der Waals surface area contributed by atoms with Crippen molar-refractivity contribution in [2.75, 3.05) is 20.8 Å². The first-order chi connectivity index (χ1) is 10.7. The Labute approximate surface area is 129 Å². The van der Waals surface area contributed by atoms with Crippen molar-refractivity contribution in [3.8, 4) is 11.5 Å². The van der Waals surface area contributed by atoms with E-state index in [0.717, 1.165) is 0 Å². The van der Waals surface area contributed by atoms with Crippen molar-refractivity contribution in [3.05, 3.63) is 59.4 Å². The van der Waals surface area contributed by atoms with Crippen molar-refractivity contribution in [1.82, 2.24) is 5.32 Å². The largest absolute Gasteiger partial charge is 0.497 e. The second-order valence-corrected chi connectivity index (χ2v) is 4.85. The lowest BCUT2D eigenvalue weighted by Crippen LogP contribution is -2.22. The molecule has 2 rings (SSSR count). The molecule has 2 aromatic rings. The van der Waals surface area contributed by atoms with Gasteiger partial charge in [0.2, 0.25) is 0 Å². The highest BCUT2D eigenvalue weighted by atomic mass is 19.1. The summed E-state index contributed by atoms with van der Waals surface area (Å²) in [5.74, 6) is 0.966. The summed E-state index contributed by atoms with van der Waals surface area (Å²) < 4.78 is 23.9. The van der Waals surface area contributed by atoms with Crippen LogP contribution in [0.1, 0.15) is 17.2 Å². The molecule has 0 aliphatic carbocycles. The zero-order valence-corrected chi connectivity index (χ0v) is 12.7. The monoisotopic (exact) mass is 305 g/mol. The summed E-state index contributed by atoms with van der Waals surface area (Å²) in [7, 11) is 3.11. The molecule has 1 atom stereocenters. The fourth-order valence-electron chi connectivity index (χ4n) is 2.20. The number of hydrogen-bond acceptors (Lipinski definition) is 4. The topological polar surface area (TPSA) is 50.7 Å². The van der Waals surface area contributed by atoms with E-state index in [-0.39, 0.29) is 12.4 Å². The average Bonchev–Trinajstić information content (AvgIpc) is 2.55.